The number of halogens is 1. The van der Waals surface area contributed by atoms with Crippen molar-refractivity contribution in [3.05, 3.63) is 59.4 Å². The lowest BCUT2D eigenvalue weighted by Crippen LogP contribution is -2.41. The van der Waals surface area contributed by atoms with Crippen molar-refractivity contribution in [2.24, 2.45) is 0 Å². The van der Waals surface area contributed by atoms with Crippen molar-refractivity contribution in [3.63, 3.8) is 0 Å². The summed E-state index contributed by atoms with van der Waals surface area (Å²) in [5.41, 5.74) is 3.69. The molecule has 138 valence electrons. The van der Waals surface area contributed by atoms with Crippen molar-refractivity contribution in [3.8, 4) is 11.1 Å². The lowest BCUT2D eigenvalue weighted by atomic mass is 9.93. The molecule has 2 N–H and O–H groups in total. The second-order valence-electron chi connectivity index (χ2n) is 6.60. The van der Waals surface area contributed by atoms with Crippen molar-refractivity contribution in [1.82, 2.24) is 15.0 Å². The summed E-state index contributed by atoms with van der Waals surface area (Å²) in [7, 11) is 3.95. The number of aliphatic hydroxyl groups is 1. The Morgan fingerprint density at radius 1 is 1.19 bits per heavy atom. The summed E-state index contributed by atoms with van der Waals surface area (Å²) in [5, 5.41) is 21.3. The maximum Gasteiger partial charge on any atom is 0.194 e. The van der Waals surface area contributed by atoms with Crippen LogP contribution in [0, 0.1) is 0 Å². The van der Waals surface area contributed by atoms with E-state index in [9.17, 15) is 9.90 Å². The lowest BCUT2D eigenvalue weighted by molar-refractivity contribution is 0.0717. The smallest absolute Gasteiger partial charge is 0.194 e. The van der Waals surface area contributed by atoms with Crippen LogP contribution in [0.25, 0.3) is 11.1 Å². The summed E-state index contributed by atoms with van der Waals surface area (Å²) >= 11 is 6.46. The van der Waals surface area contributed by atoms with E-state index in [-0.39, 0.29) is 5.78 Å². The highest BCUT2D eigenvalue weighted by Crippen LogP contribution is 2.38. The molecule has 1 aliphatic heterocycles. The SMILES string of the molecule is CN(C)c1ccc(-c2cc3c(cc2Cl)NC(O)C(n2ccnn2)C3=O)cc1. The third kappa shape index (κ3) is 3.05. The van der Waals surface area contributed by atoms with Gasteiger partial charge in [0.1, 0.15) is 0 Å². The fourth-order valence-corrected chi connectivity index (χ4v) is 3.50. The van der Waals surface area contributed by atoms with Crippen molar-refractivity contribution >= 4 is 28.8 Å². The number of aromatic nitrogens is 3. The van der Waals surface area contributed by atoms with Gasteiger partial charge in [-0.2, -0.15) is 0 Å². The summed E-state index contributed by atoms with van der Waals surface area (Å²) in [4.78, 5) is 15.0. The van der Waals surface area contributed by atoms with E-state index in [0.29, 0.717) is 16.3 Å². The van der Waals surface area contributed by atoms with Crippen LogP contribution in [0.4, 0.5) is 11.4 Å². The molecule has 2 aromatic carbocycles. The normalized spacial score (nSPS) is 18.7. The zero-order valence-corrected chi connectivity index (χ0v) is 15.6. The van der Waals surface area contributed by atoms with Gasteiger partial charge in [0.2, 0.25) is 0 Å². The van der Waals surface area contributed by atoms with Gasteiger partial charge in [0.05, 0.1) is 11.2 Å². The number of fused-ring (bicyclic) bond motifs is 1. The Hall–Kier alpha value is -2.90. The van der Waals surface area contributed by atoms with Crippen LogP contribution in [0.3, 0.4) is 0 Å². The van der Waals surface area contributed by atoms with E-state index in [4.69, 9.17) is 11.6 Å². The molecule has 0 bridgehead atoms. The molecule has 2 heterocycles. The molecule has 27 heavy (non-hydrogen) atoms. The van der Waals surface area contributed by atoms with Gasteiger partial charge in [-0.3, -0.25) is 4.79 Å². The predicted molar refractivity (Wildman–Crippen MR) is 104 cm³/mol. The summed E-state index contributed by atoms with van der Waals surface area (Å²) in [5.74, 6) is -0.246. The summed E-state index contributed by atoms with van der Waals surface area (Å²) in [6.45, 7) is 0. The van der Waals surface area contributed by atoms with Crippen LogP contribution < -0.4 is 10.2 Å². The minimum absolute atomic E-state index is 0.246. The quantitative estimate of drug-likeness (QED) is 0.723. The maximum absolute atomic E-state index is 13.0. The zero-order chi connectivity index (χ0) is 19.1. The Labute approximate surface area is 161 Å². The molecule has 4 rings (SSSR count). The number of ketones is 1. The van der Waals surface area contributed by atoms with Crippen molar-refractivity contribution in [1.29, 1.82) is 0 Å². The van der Waals surface area contributed by atoms with Crippen LogP contribution in [-0.2, 0) is 0 Å². The number of hydrogen-bond donors (Lipinski definition) is 2. The van der Waals surface area contributed by atoms with Gasteiger partial charge in [0, 0.05) is 42.8 Å². The van der Waals surface area contributed by atoms with Crippen LogP contribution in [0.5, 0.6) is 0 Å². The molecule has 0 amide bonds. The molecule has 3 aromatic rings. The molecule has 0 saturated heterocycles. The number of nitrogens with zero attached hydrogens (tertiary/aromatic N) is 4. The Morgan fingerprint density at radius 3 is 2.56 bits per heavy atom. The predicted octanol–water partition coefficient (Wildman–Crippen LogP) is 2.83. The molecule has 0 spiro atoms. The molecule has 7 nitrogen and oxygen atoms in total. The molecular weight excluding hydrogens is 366 g/mol. The first kappa shape index (κ1) is 17.5. The number of benzene rings is 2. The first-order valence-corrected chi connectivity index (χ1v) is 8.79. The summed E-state index contributed by atoms with van der Waals surface area (Å²) in [6, 6.07) is 10.5. The third-order valence-electron chi connectivity index (χ3n) is 4.66. The third-order valence-corrected chi connectivity index (χ3v) is 4.98. The first-order valence-electron chi connectivity index (χ1n) is 8.41. The van der Waals surface area contributed by atoms with Gasteiger partial charge < -0.3 is 15.3 Å². The van der Waals surface area contributed by atoms with Crippen molar-refractivity contribution < 1.29 is 9.90 Å². The molecule has 8 heteroatoms. The largest absolute Gasteiger partial charge is 0.378 e. The standard InChI is InChI=1S/C19H18ClN5O2/c1-24(2)12-5-3-11(4-6-12)13-9-14-16(10-15(13)20)22-19(27)17(18(14)26)25-8-7-21-23-25/h3-10,17,19,22,27H,1-2H3. The second-order valence-corrected chi connectivity index (χ2v) is 7.01. The van der Waals surface area contributed by atoms with Crippen LogP contribution in [-0.4, -0.2) is 46.2 Å². The van der Waals surface area contributed by atoms with Gasteiger partial charge in [-0.05, 0) is 29.8 Å². The lowest BCUT2D eigenvalue weighted by Gasteiger charge is -2.30. The molecule has 0 fully saturated rings. The second kappa shape index (κ2) is 6.68. The maximum atomic E-state index is 13.0. The number of aliphatic hydroxyl groups excluding tert-OH is 1. The van der Waals surface area contributed by atoms with Crippen LogP contribution in [0.15, 0.2) is 48.8 Å². The van der Waals surface area contributed by atoms with Gasteiger partial charge in [-0.15, -0.1) is 5.10 Å². The van der Waals surface area contributed by atoms with Gasteiger partial charge in [0.25, 0.3) is 0 Å². The fraction of sp³-hybridized carbons (Fsp3) is 0.211. The van der Waals surface area contributed by atoms with Gasteiger partial charge in [-0.1, -0.05) is 28.9 Å². The molecule has 2 atom stereocenters. The van der Waals surface area contributed by atoms with Gasteiger partial charge in [0.15, 0.2) is 18.1 Å². The number of rotatable bonds is 3. The van der Waals surface area contributed by atoms with Gasteiger partial charge in [-0.25, -0.2) is 4.68 Å². The highest BCUT2D eigenvalue weighted by atomic mass is 35.5. The van der Waals surface area contributed by atoms with E-state index >= 15 is 0 Å². The topological polar surface area (TPSA) is 83.3 Å². The van der Waals surface area contributed by atoms with E-state index in [2.05, 4.69) is 15.6 Å². The first-order chi connectivity index (χ1) is 13.0. The molecule has 1 aliphatic rings. The summed E-state index contributed by atoms with van der Waals surface area (Å²) < 4.78 is 1.35. The highest BCUT2D eigenvalue weighted by molar-refractivity contribution is 6.34. The number of anilines is 2. The zero-order valence-electron chi connectivity index (χ0n) is 14.8. The number of nitrogens with one attached hydrogen (secondary N) is 1. The van der Waals surface area contributed by atoms with E-state index in [0.717, 1.165) is 16.8 Å². The molecule has 0 radical (unpaired) electrons. The molecule has 1 aromatic heterocycles. The number of carbonyl (C=O) groups is 1. The van der Waals surface area contributed by atoms with E-state index in [1.54, 1.807) is 18.3 Å². The molecule has 2 unspecified atom stereocenters. The van der Waals surface area contributed by atoms with Crippen LogP contribution >= 0.6 is 11.6 Å². The Bertz CT molecular complexity index is 986. The monoisotopic (exact) mass is 383 g/mol. The fourth-order valence-electron chi connectivity index (χ4n) is 3.23. The number of hydrogen-bond acceptors (Lipinski definition) is 6. The van der Waals surface area contributed by atoms with Gasteiger partial charge >= 0.3 is 0 Å². The van der Waals surface area contributed by atoms with Crippen molar-refractivity contribution in [2.45, 2.75) is 12.3 Å². The van der Waals surface area contributed by atoms with Crippen LogP contribution in [0.1, 0.15) is 16.4 Å². The molecule has 0 saturated carbocycles. The Balaban J connectivity index is 1.77. The Morgan fingerprint density at radius 2 is 1.93 bits per heavy atom. The van der Waals surface area contributed by atoms with E-state index in [1.165, 1.54) is 10.9 Å². The molecule has 0 aliphatic carbocycles. The molecular formula is C19H18ClN5O2. The van der Waals surface area contributed by atoms with E-state index < -0.39 is 12.3 Å². The van der Waals surface area contributed by atoms with E-state index in [1.807, 2.05) is 43.3 Å². The summed E-state index contributed by atoms with van der Waals surface area (Å²) in [6.07, 6.45) is 1.90. The average Bonchev–Trinajstić information content (AvgIpc) is 3.15. The minimum Gasteiger partial charge on any atom is -0.378 e. The Kier molecular flexibility index (Phi) is 4.33. The van der Waals surface area contributed by atoms with Crippen molar-refractivity contribution in [2.75, 3.05) is 24.3 Å². The average molecular weight is 384 g/mol. The highest BCUT2D eigenvalue weighted by Gasteiger charge is 2.37. The minimum atomic E-state index is -1.12. The number of Topliss-reactive ketones (excluding diaryl/α,β-unsaturated/α-hetero) is 1. The van der Waals surface area contributed by atoms with Crippen LogP contribution in [0.2, 0.25) is 5.02 Å². The number of carbonyl (C=O) groups excluding carboxylic acids is 1.